The zero-order chi connectivity index (χ0) is 11.7. The van der Waals surface area contributed by atoms with Crippen molar-refractivity contribution < 1.29 is 27.9 Å². The third-order valence-corrected chi connectivity index (χ3v) is 1.77. The van der Waals surface area contributed by atoms with E-state index in [1.807, 2.05) is 0 Å². The Balaban J connectivity index is 5.55. The lowest BCUT2D eigenvalue weighted by Gasteiger charge is -2.28. The fraction of sp³-hybridized carbons (Fsp3) is 0.500. The molecule has 0 bridgehead atoms. The zero-order valence-electron chi connectivity index (χ0n) is 7.60. The first-order valence-corrected chi connectivity index (χ1v) is 3.55. The van der Waals surface area contributed by atoms with Gasteiger partial charge in [-0.1, -0.05) is 6.58 Å². The molecule has 0 aromatic rings. The molecule has 0 amide bonds. The molecule has 0 saturated carbocycles. The van der Waals surface area contributed by atoms with Gasteiger partial charge < -0.3 is 5.11 Å². The Bertz CT molecular complexity index is 282. The van der Waals surface area contributed by atoms with Gasteiger partial charge in [-0.15, -0.1) is 0 Å². The zero-order valence-corrected chi connectivity index (χ0v) is 7.60. The summed E-state index contributed by atoms with van der Waals surface area (Å²) in [5.74, 6) is -9.08. The number of carboxylic acid groups (broad SMARTS) is 1. The normalized spacial score (nSPS) is 15.8. The van der Waals surface area contributed by atoms with E-state index in [0.29, 0.717) is 6.92 Å². The van der Waals surface area contributed by atoms with Gasteiger partial charge >= 0.3 is 11.9 Å². The summed E-state index contributed by atoms with van der Waals surface area (Å²) in [4.78, 5) is 20.8. The van der Waals surface area contributed by atoms with Gasteiger partial charge in [-0.25, -0.2) is 9.18 Å². The average Bonchev–Trinajstić information content (AvgIpc) is 2.01. The summed E-state index contributed by atoms with van der Waals surface area (Å²) in [6, 6.07) is 0. The summed E-state index contributed by atoms with van der Waals surface area (Å²) in [5, 5.41) is 8.09. The van der Waals surface area contributed by atoms with E-state index in [0.717, 1.165) is 6.92 Å². The number of rotatable bonds is 4. The van der Waals surface area contributed by atoms with Crippen LogP contribution in [-0.4, -0.2) is 28.5 Å². The largest absolute Gasteiger partial charge is 0.477 e. The second kappa shape index (κ2) is 3.43. The Morgan fingerprint density at radius 1 is 1.21 bits per heavy atom. The fourth-order valence-corrected chi connectivity index (χ4v) is 0.937. The van der Waals surface area contributed by atoms with Gasteiger partial charge in [-0.3, -0.25) is 4.79 Å². The fourth-order valence-electron chi connectivity index (χ4n) is 0.937. The van der Waals surface area contributed by atoms with Crippen LogP contribution in [0.5, 0.6) is 0 Å². The lowest BCUT2D eigenvalue weighted by molar-refractivity contribution is -0.188. The van der Waals surface area contributed by atoms with Crippen LogP contribution in [0, 0.1) is 0 Å². The number of allylic oxidation sites excluding steroid dienone is 1. The van der Waals surface area contributed by atoms with Crippen LogP contribution in [0.4, 0.5) is 13.2 Å². The van der Waals surface area contributed by atoms with Gasteiger partial charge in [0.05, 0.1) is 0 Å². The topological polar surface area (TPSA) is 54.4 Å². The second-order valence-corrected chi connectivity index (χ2v) is 2.87. The van der Waals surface area contributed by atoms with Crippen LogP contribution in [0.2, 0.25) is 0 Å². The predicted molar refractivity (Wildman–Crippen MR) is 41.9 cm³/mol. The third-order valence-electron chi connectivity index (χ3n) is 1.77. The number of halogens is 3. The van der Waals surface area contributed by atoms with Gasteiger partial charge in [0, 0.05) is 0 Å². The number of hydrogen-bond acceptors (Lipinski definition) is 2. The molecule has 3 nitrogen and oxygen atoms in total. The summed E-state index contributed by atoms with van der Waals surface area (Å²) in [5.41, 5.74) is -4.68. The molecule has 14 heavy (non-hydrogen) atoms. The summed E-state index contributed by atoms with van der Waals surface area (Å²) < 4.78 is 39.2. The molecule has 0 spiro atoms. The Morgan fingerprint density at radius 3 is 1.64 bits per heavy atom. The first-order valence-electron chi connectivity index (χ1n) is 3.55. The van der Waals surface area contributed by atoms with Crippen LogP contribution < -0.4 is 0 Å². The molecule has 0 fully saturated rings. The Kier molecular flexibility index (Phi) is 3.11. The van der Waals surface area contributed by atoms with Gasteiger partial charge in [-0.2, -0.15) is 8.78 Å². The number of carbonyl (C=O) groups is 2. The summed E-state index contributed by atoms with van der Waals surface area (Å²) >= 11 is 0. The van der Waals surface area contributed by atoms with Gasteiger partial charge in [0.2, 0.25) is 0 Å². The maximum Gasteiger partial charge on any atom is 0.386 e. The monoisotopic (exact) mass is 210 g/mol. The third kappa shape index (κ3) is 1.51. The highest BCUT2D eigenvalue weighted by Gasteiger charge is 2.64. The quantitative estimate of drug-likeness (QED) is 0.716. The van der Waals surface area contributed by atoms with Crippen molar-refractivity contribution in [2.75, 3.05) is 0 Å². The molecule has 0 aliphatic rings. The van der Waals surface area contributed by atoms with Crippen molar-refractivity contribution in [2.45, 2.75) is 25.4 Å². The number of hydrogen-bond donors (Lipinski definition) is 1. The SMILES string of the molecule is C=C(C)C(F)(C(C)=O)C(F)(F)C(=O)O. The molecule has 1 N–H and O–H groups in total. The molecule has 0 saturated heterocycles. The number of carboxylic acids is 1. The van der Waals surface area contributed by atoms with Crippen molar-refractivity contribution in [1.82, 2.24) is 0 Å². The van der Waals surface area contributed by atoms with Crippen molar-refractivity contribution in [2.24, 2.45) is 0 Å². The van der Waals surface area contributed by atoms with E-state index in [1.54, 1.807) is 0 Å². The Hall–Kier alpha value is -1.33. The van der Waals surface area contributed by atoms with E-state index < -0.39 is 28.9 Å². The molecule has 1 unspecified atom stereocenters. The molecule has 0 heterocycles. The van der Waals surface area contributed by atoms with Gasteiger partial charge in [-0.05, 0) is 19.4 Å². The van der Waals surface area contributed by atoms with E-state index in [2.05, 4.69) is 6.58 Å². The molecule has 6 heteroatoms. The average molecular weight is 210 g/mol. The number of carbonyl (C=O) groups excluding carboxylic acids is 1. The Labute approximate surface area is 78.2 Å². The lowest BCUT2D eigenvalue weighted by Crippen LogP contribution is -2.55. The standard InChI is InChI=1S/C8H9F3O3/c1-4(2)7(9,5(3)12)8(10,11)6(13)14/h1H2,2-3H3,(H,13,14). The minimum Gasteiger partial charge on any atom is -0.477 e. The van der Waals surface area contributed by atoms with Crippen LogP contribution in [0.1, 0.15) is 13.8 Å². The van der Waals surface area contributed by atoms with E-state index in [1.165, 1.54) is 0 Å². The highest BCUT2D eigenvalue weighted by atomic mass is 19.3. The molecule has 0 aromatic heterocycles. The molecule has 1 atom stereocenters. The molecule has 0 radical (unpaired) electrons. The first-order chi connectivity index (χ1) is 6.08. The Morgan fingerprint density at radius 2 is 1.57 bits per heavy atom. The smallest absolute Gasteiger partial charge is 0.386 e. The predicted octanol–water partition coefficient (Wildman–Crippen LogP) is 1.58. The van der Waals surface area contributed by atoms with E-state index in [-0.39, 0.29) is 0 Å². The number of aliphatic carboxylic acids is 1. The highest BCUT2D eigenvalue weighted by Crippen LogP contribution is 2.38. The van der Waals surface area contributed by atoms with Crippen LogP contribution in [0.3, 0.4) is 0 Å². The molecular formula is C8H9F3O3. The summed E-state index contributed by atoms with van der Waals surface area (Å²) in [6.45, 7) is 4.24. The van der Waals surface area contributed by atoms with Crippen molar-refractivity contribution in [1.29, 1.82) is 0 Å². The summed E-state index contributed by atoms with van der Waals surface area (Å²) in [6.07, 6.45) is 0. The summed E-state index contributed by atoms with van der Waals surface area (Å²) in [7, 11) is 0. The number of Topliss-reactive ketones (excluding diaryl/α,β-unsaturated/α-hetero) is 1. The van der Waals surface area contributed by atoms with Crippen molar-refractivity contribution >= 4 is 11.8 Å². The van der Waals surface area contributed by atoms with E-state index in [4.69, 9.17) is 5.11 Å². The number of alkyl halides is 3. The second-order valence-electron chi connectivity index (χ2n) is 2.87. The molecule has 0 aromatic carbocycles. The van der Waals surface area contributed by atoms with Gasteiger partial charge in [0.1, 0.15) is 0 Å². The van der Waals surface area contributed by atoms with Gasteiger partial charge in [0.25, 0.3) is 5.67 Å². The minimum absolute atomic E-state index is 0.547. The van der Waals surface area contributed by atoms with Crippen molar-refractivity contribution in [3.8, 4) is 0 Å². The lowest BCUT2D eigenvalue weighted by atomic mass is 9.87. The maximum atomic E-state index is 13.5. The minimum atomic E-state index is -4.80. The van der Waals surface area contributed by atoms with Crippen LogP contribution in [0.25, 0.3) is 0 Å². The highest BCUT2D eigenvalue weighted by molar-refractivity contribution is 5.96. The van der Waals surface area contributed by atoms with Crippen LogP contribution in [0.15, 0.2) is 12.2 Å². The molecule has 80 valence electrons. The molecular weight excluding hydrogens is 201 g/mol. The van der Waals surface area contributed by atoms with Crippen molar-refractivity contribution in [3.63, 3.8) is 0 Å². The van der Waals surface area contributed by atoms with E-state index >= 15 is 0 Å². The van der Waals surface area contributed by atoms with E-state index in [9.17, 15) is 22.8 Å². The first kappa shape index (κ1) is 12.7. The van der Waals surface area contributed by atoms with Crippen LogP contribution >= 0.6 is 0 Å². The maximum absolute atomic E-state index is 13.5. The van der Waals surface area contributed by atoms with Gasteiger partial charge in [0.15, 0.2) is 5.78 Å². The molecule has 0 aliphatic carbocycles. The molecule has 0 aliphatic heterocycles. The number of ketones is 1. The molecule has 0 rings (SSSR count). The van der Waals surface area contributed by atoms with Crippen LogP contribution in [-0.2, 0) is 9.59 Å². The van der Waals surface area contributed by atoms with Crippen molar-refractivity contribution in [3.05, 3.63) is 12.2 Å².